The van der Waals surface area contributed by atoms with E-state index in [-0.39, 0.29) is 5.69 Å². The lowest BCUT2D eigenvalue weighted by Crippen LogP contribution is -2.05. The molecule has 1 aromatic carbocycles. The molecule has 0 heterocycles. The minimum atomic E-state index is -0.415. The van der Waals surface area contributed by atoms with Gasteiger partial charge in [-0.25, -0.2) is 0 Å². The van der Waals surface area contributed by atoms with Gasteiger partial charge < -0.3 is 5.32 Å². The predicted molar refractivity (Wildman–Crippen MR) is 78.8 cm³/mol. The third-order valence-corrected chi connectivity index (χ3v) is 3.53. The molecule has 0 spiro atoms. The Morgan fingerprint density at radius 1 is 1.39 bits per heavy atom. The number of unbranched alkanes of at least 4 members (excludes halogenated alkanes) is 2. The summed E-state index contributed by atoms with van der Waals surface area (Å²) in [6, 6.07) is 4.71. The molecule has 4 nitrogen and oxygen atoms in total. The van der Waals surface area contributed by atoms with E-state index in [1.165, 1.54) is 12.5 Å². The van der Waals surface area contributed by atoms with Crippen LogP contribution in [0, 0.1) is 10.1 Å². The van der Waals surface area contributed by atoms with Gasteiger partial charge in [0.25, 0.3) is 5.69 Å². The summed E-state index contributed by atoms with van der Waals surface area (Å²) in [4.78, 5) is 10.4. The molecular weight excluding hydrogens is 272 g/mol. The minimum absolute atomic E-state index is 0.0339. The molecule has 0 aliphatic carbocycles. The van der Waals surface area contributed by atoms with Gasteiger partial charge in [-0.15, -0.1) is 0 Å². The van der Waals surface area contributed by atoms with Crippen LogP contribution in [0.3, 0.4) is 0 Å². The van der Waals surface area contributed by atoms with Crippen LogP contribution in [-0.2, 0) is 0 Å². The van der Waals surface area contributed by atoms with Crippen molar-refractivity contribution < 1.29 is 4.92 Å². The van der Waals surface area contributed by atoms with Crippen LogP contribution >= 0.6 is 23.4 Å². The zero-order valence-electron chi connectivity index (χ0n) is 10.3. The van der Waals surface area contributed by atoms with Gasteiger partial charge in [0.05, 0.1) is 9.95 Å². The Bertz CT molecular complexity index is 402. The number of nitro groups is 1. The third kappa shape index (κ3) is 4.74. The van der Waals surface area contributed by atoms with E-state index in [1.54, 1.807) is 12.1 Å². The monoisotopic (exact) mass is 288 g/mol. The van der Waals surface area contributed by atoms with Crippen molar-refractivity contribution in [2.24, 2.45) is 0 Å². The quantitative estimate of drug-likeness (QED) is 0.443. The molecule has 0 aliphatic heterocycles. The van der Waals surface area contributed by atoms with Gasteiger partial charge >= 0.3 is 0 Å². The Morgan fingerprint density at radius 3 is 2.83 bits per heavy atom. The van der Waals surface area contributed by atoms with Crippen molar-refractivity contribution in [2.75, 3.05) is 23.9 Å². The number of benzene rings is 1. The second-order valence-corrected chi connectivity index (χ2v) is 5.26. The van der Waals surface area contributed by atoms with E-state index < -0.39 is 4.92 Å². The third-order valence-electron chi connectivity index (χ3n) is 2.52. The molecule has 0 atom stereocenters. The molecule has 18 heavy (non-hydrogen) atoms. The summed E-state index contributed by atoms with van der Waals surface area (Å²) in [5.74, 6) is 1.16. The standard InChI is InChI=1S/C12H17ClN2O2S/c1-18-9-4-2-3-8-14-12-10(13)6-5-7-11(12)15(16)17/h5-7,14H,2-4,8-9H2,1H3. The molecule has 0 aliphatic rings. The molecule has 100 valence electrons. The topological polar surface area (TPSA) is 55.2 Å². The second kappa shape index (κ2) is 8.21. The van der Waals surface area contributed by atoms with Gasteiger partial charge in [0.1, 0.15) is 5.69 Å². The molecule has 1 aromatic rings. The van der Waals surface area contributed by atoms with Crippen molar-refractivity contribution in [1.29, 1.82) is 0 Å². The van der Waals surface area contributed by atoms with E-state index in [0.717, 1.165) is 18.6 Å². The summed E-state index contributed by atoms with van der Waals surface area (Å²) in [6.07, 6.45) is 5.37. The van der Waals surface area contributed by atoms with Crippen molar-refractivity contribution in [1.82, 2.24) is 0 Å². The normalized spacial score (nSPS) is 10.3. The Morgan fingerprint density at radius 2 is 2.17 bits per heavy atom. The largest absolute Gasteiger partial charge is 0.378 e. The van der Waals surface area contributed by atoms with Crippen LogP contribution in [0.15, 0.2) is 18.2 Å². The van der Waals surface area contributed by atoms with Gasteiger partial charge in [-0.3, -0.25) is 10.1 Å². The van der Waals surface area contributed by atoms with Gasteiger partial charge in [0.2, 0.25) is 0 Å². The van der Waals surface area contributed by atoms with Crippen molar-refractivity contribution in [3.63, 3.8) is 0 Å². The maximum atomic E-state index is 10.9. The van der Waals surface area contributed by atoms with E-state index in [4.69, 9.17) is 11.6 Å². The number of nitrogens with one attached hydrogen (secondary N) is 1. The Labute approximate surface area is 116 Å². The number of thioether (sulfide) groups is 1. The number of hydrogen-bond acceptors (Lipinski definition) is 4. The fraction of sp³-hybridized carbons (Fsp3) is 0.500. The summed E-state index contributed by atoms with van der Waals surface area (Å²) in [6.45, 7) is 0.707. The molecule has 0 saturated carbocycles. The zero-order valence-corrected chi connectivity index (χ0v) is 11.9. The van der Waals surface area contributed by atoms with Crippen LogP contribution in [0.4, 0.5) is 11.4 Å². The number of para-hydroxylation sites is 1. The van der Waals surface area contributed by atoms with E-state index in [9.17, 15) is 10.1 Å². The molecule has 1 rings (SSSR count). The van der Waals surface area contributed by atoms with Crippen LogP contribution in [0.5, 0.6) is 0 Å². The van der Waals surface area contributed by atoms with Crippen LogP contribution in [-0.4, -0.2) is 23.5 Å². The van der Waals surface area contributed by atoms with Gasteiger partial charge in [0, 0.05) is 12.6 Å². The molecule has 1 N–H and O–H groups in total. The highest BCUT2D eigenvalue weighted by molar-refractivity contribution is 7.98. The fourth-order valence-corrected chi connectivity index (χ4v) is 2.33. The van der Waals surface area contributed by atoms with Gasteiger partial charge in [-0.05, 0) is 30.9 Å². The average molecular weight is 289 g/mol. The minimum Gasteiger partial charge on any atom is -0.378 e. The van der Waals surface area contributed by atoms with Crippen LogP contribution in [0.2, 0.25) is 5.02 Å². The number of anilines is 1. The first-order valence-electron chi connectivity index (χ1n) is 5.82. The van der Waals surface area contributed by atoms with Crippen LogP contribution in [0.1, 0.15) is 19.3 Å². The number of rotatable bonds is 8. The highest BCUT2D eigenvalue weighted by atomic mass is 35.5. The lowest BCUT2D eigenvalue weighted by molar-refractivity contribution is -0.383. The SMILES string of the molecule is CSCCCCCNc1c(Cl)cccc1[N+](=O)[O-]. The average Bonchev–Trinajstić information content (AvgIpc) is 2.34. The summed E-state index contributed by atoms with van der Waals surface area (Å²) in [5.41, 5.74) is 0.459. The molecule has 0 unspecified atom stereocenters. The van der Waals surface area contributed by atoms with E-state index in [2.05, 4.69) is 11.6 Å². The lowest BCUT2D eigenvalue weighted by atomic mass is 10.2. The second-order valence-electron chi connectivity index (χ2n) is 3.87. The first kappa shape index (κ1) is 15.1. The number of hydrogen-bond donors (Lipinski definition) is 1. The highest BCUT2D eigenvalue weighted by Gasteiger charge is 2.15. The molecule has 0 aromatic heterocycles. The first-order valence-corrected chi connectivity index (χ1v) is 7.59. The van der Waals surface area contributed by atoms with Gasteiger partial charge in [-0.2, -0.15) is 11.8 Å². The zero-order chi connectivity index (χ0) is 13.4. The van der Waals surface area contributed by atoms with Crippen molar-refractivity contribution in [3.05, 3.63) is 33.3 Å². The van der Waals surface area contributed by atoms with Crippen molar-refractivity contribution >= 4 is 34.7 Å². The molecule has 0 saturated heterocycles. The maximum absolute atomic E-state index is 10.9. The molecule has 0 fully saturated rings. The number of nitro benzene ring substituents is 1. The van der Waals surface area contributed by atoms with Crippen molar-refractivity contribution in [2.45, 2.75) is 19.3 Å². The molecule has 0 amide bonds. The summed E-state index contributed by atoms with van der Waals surface area (Å²) < 4.78 is 0. The maximum Gasteiger partial charge on any atom is 0.293 e. The molecule has 0 radical (unpaired) electrons. The molecule has 6 heteroatoms. The number of nitrogens with zero attached hydrogens (tertiary/aromatic N) is 1. The van der Waals surface area contributed by atoms with Gasteiger partial charge in [-0.1, -0.05) is 24.1 Å². The summed E-state index contributed by atoms with van der Waals surface area (Å²) in [5, 5.41) is 14.3. The lowest BCUT2D eigenvalue weighted by Gasteiger charge is -2.08. The molecular formula is C12H17ClN2O2S. The Hall–Kier alpha value is -0.940. The first-order chi connectivity index (χ1) is 8.66. The summed E-state index contributed by atoms with van der Waals surface area (Å²) in [7, 11) is 0. The fourth-order valence-electron chi connectivity index (χ4n) is 1.60. The van der Waals surface area contributed by atoms with E-state index >= 15 is 0 Å². The Balaban J connectivity index is 2.48. The summed E-state index contributed by atoms with van der Waals surface area (Å²) >= 11 is 7.80. The van der Waals surface area contributed by atoms with E-state index in [0.29, 0.717) is 17.3 Å². The van der Waals surface area contributed by atoms with E-state index in [1.807, 2.05) is 11.8 Å². The van der Waals surface area contributed by atoms with Crippen LogP contribution < -0.4 is 5.32 Å². The highest BCUT2D eigenvalue weighted by Crippen LogP contribution is 2.31. The van der Waals surface area contributed by atoms with Gasteiger partial charge in [0.15, 0.2) is 0 Å². The predicted octanol–water partition coefficient (Wildman–Crippen LogP) is 4.19. The number of halogens is 1. The van der Waals surface area contributed by atoms with Crippen LogP contribution in [0.25, 0.3) is 0 Å². The molecule has 0 bridgehead atoms. The smallest absolute Gasteiger partial charge is 0.293 e. The van der Waals surface area contributed by atoms with Crippen molar-refractivity contribution in [3.8, 4) is 0 Å². The Kier molecular flexibility index (Phi) is 6.90.